The number of Topliss-reactive ketones (excluding diaryl/α,β-unsaturated/α-hetero) is 1. The van der Waals surface area contributed by atoms with Crippen LogP contribution in [0.25, 0.3) is 5.76 Å². The highest BCUT2D eigenvalue weighted by atomic mass is 35.5. The fraction of sp³-hybridized carbons (Fsp3) is 0.241. The Balaban J connectivity index is 1.69. The van der Waals surface area contributed by atoms with E-state index in [1.54, 1.807) is 30.3 Å². The summed E-state index contributed by atoms with van der Waals surface area (Å²) in [5.41, 5.74) is 2.39. The maximum Gasteiger partial charge on any atom is 0.300 e. The molecule has 1 saturated heterocycles. The highest BCUT2D eigenvalue weighted by Crippen LogP contribution is 2.45. The normalized spacial score (nSPS) is 18.4. The van der Waals surface area contributed by atoms with Crippen LogP contribution in [0, 0.1) is 0 Å². The molecule has 1 fully saturated rings. The molecule has 190 valence electrons. The van der Waals surface area contributed by atoms with E-state index in [0.29, 0.717) is 34.1 Å². The van der Waals surface area contributed by atoms with Crippen LogP contribution in [0.5, 0.6) is 17.2 Å². The van der Waals surface area contributed by atoms with Gasteiger partial charge in [0.1, 0.15) is 11.5 Å². The molecule has 3 aromatic carbocycles. The van der Waals surface area contributed by atoms with E-state index in [1.807, 2.05) is 24.3 Å². The smallest absolute Gasteiger partial charge is 0.300 e. The van der Waals surface area contributed by atoms with Crippen molar-refractivity contribution in [2.75, 3.05) is 18.8 Å². The molecular formula is C29H26ClNO6. The highest BCUT2D eigenvalue weighted by molar-refractivity contribution is 6.51. The number of hydrogen-bond donors (Lipinski definition) is 1. The lowest BCUT2D eigenvalue weighted by Gasteiger charge is -2.26. The number of nitrogens with zero attached hydrogens (tertiary/aromatic N) is 1. The third-order valence-corrected chi connectivity index (χ3v) is 6.89. The molecule has 2 aliphatic heterocycles. The van der Waals surface area contributed by atoms with Crippen LogP contribution in [0.2, 0.25) is 5.02 Å². The third-order valence-electron chi connectivity index (χ3n) is 6.60. The zero-order valence-corrected chi connectivity index (χ0v) is 21.6. The Hall–Kier alpha value is -3.97. The molecule has 1 amide bonds. The minimum Gasteiger partial charge on any atom is -0.507 e. The van der Waals surface area contributed by atoms with E-state index in [4.69, 9.17) is 25.8 Å². The third kappa shape index (κ3) is 4.29. The number of carbonyl (C=O) groups is 2. The Morgan fingerprint density at radius 3 is 2.35 bits per heavy atom. The molecule has 0 saturated carbocycles. The van der Waals surface area contributed by atoms with Crippen LogP contribution >= 0.6 is 11.6 Å². The number of methoxy groups -OCH3 is 1. The van der Waals surface area contributed by atoms with Crippen molar-refractivity contribution in [2.45, 2.75) is 32.2 Å². The minimum absolute atomic E-state index is 0.0348. The highest BCUT2D eigenvalue weighted by Gasteiger charge is 2.47. The number of amides is 1. The van der Waals surface area contributed by atoms with E-state index in [1.165, 1.54) is 18.1 Å². The van der Waals surface area contributed by atoms with Crippen molar-refractivity contribution in [3.8, 4) is 17.2 Å². The molecule has 1 atom stereocenters. The zero-order chi connectivity index (χ0) is 26.5. The van der Waals surface area contributed by atoms with E-state index in [2.05, 4.69) is 20.8 Å². The fourth-order valence-electron chi connectivity index (χ4n) is 4.58. The first kappa shape index (κ1) is 24.7. The van der Waals surface area contributed by atoms with Gasteiger partial charge in [-0.25, -0.2) is 0 Å². The lowest BCUT2D eigenvalue weighted by Crippen LogP contribution is -2.29. The van der Waals surface area contributed by atoms with Crippen LogP contribution < -0.4 is 19.1 Å². The predicted molar refractivity (Wildman–Crippen MR) is 140 cm³/mol. The maximum atomic E-state index is 13.4. The van der Waals surface area contributed by atoms with E-state index in [9.17, 15) is 14.7 Å². The second kappa shape index (κ2) is 9.16. The second-order valence-electron chi connectivity index (χ2n) is 9.93. The molecule has 37 heavy (non-hydrogen) atoms. The molecule has 1 N–H and O–H groups in total. The topological polar surface area (TPSA) is 85.3 Å². The number of ketones is 1. The number of anilines is 1. The molecule has 1 unspecified atom stereocenters. The minimum atomic E-state index is -0.879. The number of hydrogen-bond acceptors (Lipinski definition) is 6. The predicted octanol–water partition coefficient (Wildman–Crippen LogP) is 6.00. The standard InChI is InChI=1S/C29H26ClNO6/c1-29(2,3)18-8-5-16(6-9-18)25-24(26(32)17-7-11-21(35-4)20(30)13-17)27(33)28(34)31(25)19-10-12-22-23(14-19)37-15-36-22/h5-14,25,32H,15H2,1-4H3/b26-24+. The van der Waals surface area contributed by atoms with E-state index in [-0.39, 0.29) is 28.6 Å². The molecule has 2 heterocycles. The summed E-state index contributed by atoms with van der Waals surface area (Å²) in [4.78, 5) is 28.3. The molecular weight excluding hydrogens is 494 g/mol. The molecule has 5 rings (SSSR count). The van der Waals surface area contributed by atoms with Crippen LogP contribution in [0.1, 0.15) is 43.5 Å². The Bertz CT molecular complexity index is 1440. The van der Waals surface area contributed by atoms with Crippen LogP contribution in [0.3, 0.4) is 0 Å². The number of benzene rings is 3. The van der Waals surface area contributed by atoms with Crippen molar-refractivity contribution in [2.24, 2.45) is 0 Å². The van der Waals surface area contributed by atoms with E-state index in [0.717, 1.165) is 5.56 Å². The number of carbonyl (C=O) groups excluding carboxylic acids is 2. The maximum absolute atomic E-state index is 13.4. The molecule has 8 heteroatoms. The molecule has 0 aliphatic carbocycles. The van der Waals surface area contributed by atoms with Gasteiger partial charge in [-0.15, -0.1) is 0 Å². The summed E-state index contributed by atoms with van der Waals surface area (Å²) in [7, 11) is 1.49. The van der Waals surface area contributed by atoms with Crippen LogP contribution in [0.15, 0.2) is 66.2 Å². The monoisotopic (exact) mass is 519 g/mol. The van der Waals surface area contributed by atoms with Crippen molar-refractivity contribution in [1.29, 1.82) is 0 Å². The molecule has 0 radical (unpaired) electrons. The summed E-state index contributed by atoms with van der Waals surface area (Å²) in [6.45, 7) is 6.39. The van der Waals surface area contributed by atoms with Gasteiger partial charge in [-0.3, -0.25) is 14.5 Å². The Morgan fingerprint density at radius 1 is 1.00 bits per heavy atom. The quantitative estimate of drug-likeness (QED) is 0.258. The number of aliphatic hydroxyl groups excluding tert-OH is 1. The number of aliphatic hydroxyl groups is 1. The largest absolute Gasteiger partial charge is 0.507 e. The summed E-state index contributed by atoms with van der Waals surface area (Å²) in [6.07, 6.45) is 0. The van der Waals surface area contributed by atoms with Gasteiger partial charge in [0.15, 0.2) is 11.5 Å². The van der Waals surface area contributed by atoms with E-state index >= 15 is 0 Å². The first-order valence-corrected chi connectivity index (χ1v) is 12.1. The first-order valence-electron chi connectivity index (χ1n) is 11.7. The Morgan fingerprint density at radius 2 is 1.70 bits per heavy atom. The first-order chi connectivity index (χ1) is 17.6. The summed E-state index contributed by atoms with van der Waals surface area (Å²) in [5.74, 6) is -0.427. The van der Waals surface area contributed by atoms with Gasteiger partial charge >= 0.3 is 0 Å². The Labute approximate surface area is 219 Å². The van der Waals surface area contributed by atoms with Gasteiger partial charge in [-0.1, -0.05) is 56.6 Å². The molecule has 0 aromatic heterocycles. The van der Waals surface area contributed by atoms with Crippen LogP contribution in [-0.2, 0) is 15.0 Å². The van der Waals surface area contributed by atoms with Crippen molar-refractivity contribution in [3.63, 3.8) is 0 Å². The van der Waals surface area contributed by atoms with Crippen molar-refractivity contribution >= 4 is 34.7 Å². The molecule has 7 nitrogen and oxygen atoms in total. The second-order valence-corrected chi connectivity index (χ2v) is 10.3. The SMILES string of the molecule is COc1ccc(/C(O)=C2\C(=O)C(=O)N(c3ccc4c(c3)OCO4)C2c2ccc(C(C)(C)C)cc2)cc1Cl. The van der Waals surface area contributed by atoms with Crippen LogP contribution in [-0.4, -0.2) is 30.7 Å². The molecule has 0 spiro atoms. The van der Waals surface area contributed by atoms with Gasteiger partial charge in [0, 0.05) is 17.3 Å². The van der Waals surface area contributed by atoms with Gasteiger partial charge in [0.2, 0.25) is 6.79 Å². The number of rotatable bonds is 4. The molecule has 0 bridgehead atoms. The number of fused-ring (bicyclic) bond motifs is 1. The lowest BCUT2D eigenvalue weighted by molar-refractivity contribution is -0.132. The van der Waals surface area contributed by atoms with Gasteiger partial charge in [-0.2, -0.15) is 0 Å². The van der Waals surface area contributed by atoms with Gasteiger partial charge in [-0.05, 0) is 46.9 Å². The molecule has 2 aliphatic rings. The summed E-state index contributed by atoms with van der Waals surface area (Å²) < 4.78 is 16.1. The summed E-state index contributed by atoms with van der Waals surface area (Å²) >= 11 is 6.29. The number of halogens is 1. The Kier molecular flexibility index (Phi) is 6.12. The molecule has 3 aromatic rings. The average Bonchev–Trinajstić information content (AvgIpc) is 3.45. The van der Waals surface area contributed by atoms with Gasteiger partial charge in [0.25, 0.3) is 11.7 Å². The summed E-state index contributed by atoms with van der Waals surface area (Å²) in [6, 6.07) is 16.6. The number of ether oxygens (including phenoxy) is 3. The van der Waals surface area contributed by atoms with Gasteiger partial charge in [0.05, 0.1) is 23.7 Å². The van der Waals surface area contributed by atoms with Crippen molar-refractivity contribution in [1.82, 2.24) is 0 Å². The lowest BCUT2D eigenvalue weighted by atomic mass is 9.85. The van der Waals surface area contributed by atoms with Gasteiger partial charge < -0.3 is 19.3 Å². The average molecular weight is 520 g/mol. The van der Waals surface area contributed by atoms with Crippen LogP contribution in [0.4, 0.5) is 5.69 Å². The van der Waals surface area contributed by atoms with Crippen molar-refractivity contribution < 1.29 is 28.9 Å². The fourth-order valence-corrected chi connectivity index (χ4v) is 4.84. The van der Waals surface area contributed by atoms with E-state index < -0.39 is 17.7 Å². The van der Waals surface area contributed by atoms with Crippen molar-refractivity contribution in [3.05, 3.63) is 87.9 Å². The summed E-state index contributed by atoms with van der Waals surface area (Å²) in [5, 5.41) is 11.6. The zero-order valence-electron chi connectivity index (χ0n) is 20.9.